The molecule has 1 aliphatic heterocycles. The predicted molar refractivity (Wildman–Crippen MR) is 57.2 cm³/mol. The van der Waals surface area contributed by atoms with Crippen LogP contribution in [0.2, 0.25) is 5.02 Å². The fourth-order valence-corrected chi connectivity index (χ4v) is 1.82. The van der Waals surface area contributed by atoms with E-state index in [9.17, 15) is 18.0 Å². The van der Waals surface area contributed by atoms with Crippen LogP contribution in [0.15, 0.2) is 18.2 Å². The van der Waals surface area contributed by atoms with E-state index < -0.39 is 17.8 Å². The van der Waals surface area contributed by atoms with Crippen molar-refractivity contribution < 1.29 is 18.0 Å². The van der Waals surface area contributed by atoms with Crippen LogP contribution in [0.3, 0.4) is 0 Å². The predicted octanol–water partition coefficient (Wildman–Crippen LogP) is 2.89. The van der Waals surface area contributed by atoms with Gasteiger partial charge in [0.1, 0.15) is 0 Å². The zero-order chi connectivity index (χ0) is 12.6. The molecule has 92 valence electrons. The van der Waals surface area contributed by atoms with Crippen LogP contribution in [-0.4, -0.2) is 19.1 Å². The Hall–Kier alpha value is -1.43. The fraction of sp³-hybridized carbons (Fsp3) is 0.300. The van der Waals surface area contributed by atoms with E-state index in [0.29, 0.717) is 13.1 Å². The molecule has 0 aromatic heterocycles. The molecule has 2 rings (SSSR count). The quantitative estimate of drug-likeness (QED) is 0.831. The van der Waals surface area contributed by atoms with E-state index in [1.807, 2.05) is 0 Å². The lowest BCUT2D eigenvalue weighted by Gasteiger charge is -2.17. The Labute approximate surface area is 100 Å². The Kier molecular flexibility index (Phi) is 2.91. The highest BCUT2D eigenvalue weighted by Crippen LogP contribution is 2.35. The molecule has 1 fully saturated rings. The highest BCUT2D eigenvalue weighted by molar-refractivity contribution is 6.33. The molecule has 1 N–H and O–H groups in total. The summed E-state index contributed by atoms with van der Waals surface area (Å²) >= 11 is 5.80. The van der Waals surface area contributed by atoms with E-state index in [-0.39, 0.29) is 10.7 Å². The number of hydrogen-bond donors (Lipinski definition) is 1. The second-order valence-electron chi connectivity index (χ2n) is 3.55. The first-order chi connectivity index (χ1) is 7.89. The van der Waals surface area contributed by atoms with Crippen molar-refractivity contribution >= 4 is 23.3 Å². The zero-order valence-corrected chi connectivity index (χ0v) is 9.27. The summed E-state index contributed by atoms with van der Waals surface area (Å²) < 4.78 is 37.6. The van der Waals surface area contributed by atoms with Crippen LogP contribution < -0.4 is 10.2 Å². The minimum atomic E-state index is -4.45. The number of anilines is 1. The van der Waals surface area contributed by atoms with Crippen LogP contribution in [0.1, 0.15) is 5.56 Å². The van der Waals surface area contributed by atoms with Gasteiger partial charge in [-0.1, -0.05) is 11.6 Å². The molecule has 2 amide bonds. The van der Waals surface area contributed by atoms with Gasteiger partial charge in [-0.15, -0.1) is 0 Å². The molecule has 0 saturated carbocycles. The van der Waals surface area contributed by atoms with Gasteiger partial charge in [0.15, 0.2) is 0 Å². The molecule has 1 heterocycles. The molecular formula is C10H8ClF3N2O. The average molecular weight is 265 g/mol. The van der Waals surface area contributed by atoms with Gasteiger partial charge in [0.2, 0.25) is 0 Å². The SMILES string of the molecule is O=C1NCCN1c1cc(C(F)(F)F)ccc1Cl. The summed E-state index contributed by atoms with van der Waals surface area (Å²) in [6, 6.07) is 2.48. The standard InChI is InChI=1S/C10H8ClF3N2O/c11-7-2-1-6(10(12,13)14)5-8(7)16-4-3-15-9(16)17/h1-2,5H,3-4H2,(H,15,17). The summed E-state index contributed by atoms with van der Waals surface area (Å²) in [7, 11) is 0. The van der Waals surface area contributed by atoms with Crippen LogP contribution in [0.5, 0.6) is 0 Å². The Balaban J connectivity index is 2.42. The zero-order valence-electron chi connectivity index (χ0n) is 8.51. The lowest BCUT2D eigenvalue weighted by Crippen LogP contribution is -2.28. The summed E-state index contributed by atoms with van der Waals surface area (Å²) in [6.07, 6.45) is -4.45. The number of hydrogen-bond acceptors (Lipinski definition) is 1. The average Bonchev–Trinajstić information content (AvgIpc) is 2.63. The first-order valence-corrected chi connectivity index (χ1v) is 5.19. The van der Waals surface area contributed by atoms with Crippen LogP contribution in [-0.2, 0) is 6.18 Å². The van der Waals surface area contributed by atoms with Gasteiger partial charge in [0.05, 0.1) is 16.3 Å². The maximum Gasteiger partial charge on any atom is 0.416 e. The third-order valence-electron chi connectivity index (χ3n) is 2.42. The van der Waals surface area contributed by atoms with Crippen LogP contribution in [0, 0.1) is 0 Å². The summed E-state index contributed by atoms with van der Waals surface area (Å²) in [5.41, 5.74) is -0.743. The summed E-state index contributed by atoms with van der Waals surface area (Å²) in [6.45, 7) is 0.700. The number of carbonyl (C=O) groups excluding carboxylic acids is 1. The van der Waals surface area contributed by atoms with Gasteiger partial charge in [-0.05, 0) is 18.2 Å². The number of nitrogens with zero attached hydrogens (tertiary/aromatic N) is 1. The molecule has 1 aromatic rings. The number of urea groups is 1. The van der Waals surface area contributed by atoms with E-state index in [0.717, 1.165) is 18.2 Å². The van der Waals surface area contributed by atoms with Gasteiger partial charge < -0.3 is 5.32 Å². The number of nitrogens with one attached hydrogen (secondary N) is 1. The van der Waals surface area contributed by atoms with E-state index in [1.54, 1.807) is 0 Å². The van der Waals surface area contributed by atoms with Crippen molar-refractivity contribution in [3.05, 3.63) is 28.8 Å². The Morgan fingerprint density at radius 2 is 2.06 bits per heavy atom. The molecule has 0 spiro atoms. The van der Waals surface area contributed by atoms with Gasteiger partial charge in [-0.3, -0.25) is 4.90 Å². The molecule has 0 atom stereocenters. The highest BCUT2D eigenvalue weighted by Gasteiger charge is 2.32. The second-order valence-corrected chi connectivity index (χ2v) is 3.95. The summed E-state index contributed by atoms with van der Waals surface area (Å²) in [4.78, 5) is 12.6. The lowest BCUT2D eigenvalue weighted by molar-refractivity contribution is -0.137. The van der Waals surface area contributed by atoms with E-state index in [1.165, 1.54) is 4.90 Å². The molecule has 3 nitrogen and oxygen atoms in total. The first kappa shape index (κ1) is 12.0. The number of rotatable bonds is 1. The number of benzene rings is 1. The maximum atomic E-state index is 12.5. The van der Waals surface area contributed by atoms with Crippen molar-refractivity contribution in [3.63, 3.8) is 0 Å². The lowest BCUT2D eigenvalue weighted by atomic mass is 10.2. The largest absolute Gasteiger partial charge is 0.416 e. The minimum Gasteiger partial charge on any atom is -0.336 e. The molecule has 1 saturated heterocycles. The monoisotopic (exact) mass is 264 g/mol. The number of amides is 2. The molecule has 0 radical (unpaired) electrons. The van der Waals surface area contributed by atoms with Gasteiger partial charge in [-0.25, -0.2) is 4.79 Å². The van der Waals surface area contributed by atoms with Crippen LogP contribution >= 0.6 is 11.6 Å². The van der Waals surface area contributed by atoms with Crippen LogP contribution in [0.25, 0.3) is 0 Å². The normalized spacial score (nSPS) is 16.2. The Morgan fingerprint density at radius 3 is 2.59 bits per heavy atom. The number of carbonyl (C=O) groups is 1. The van der Waals surface area contributed by atoms with Crippen molar-refractivity contribution in [2.75, 3.05) is 18.0 Å². The topological polar surface area (TPSA) is 32.3 Å². The highest BCUT2D eigenvalue weighted by atomic mass is 35.5. The molecule has 0 aliphatic carbocycles. The minimum absolute atomic E-state index is 0.0801. The van der Waals surface area contributed by atoms with E-state index >= 15 is 0 Å². The number of halogens is 4. The molecule has 0 unspecified atom stereocenters. The van der Waals surface area contributed by atoms with Crippen molar-refractivity contribution in [1.29, 1.82) is 0 Å². The third kappa shape index (κ3) is 2.31. The summed E-state index contributed by atoms with van der Waals surface area (Å²) in [5.74, 6) is 0. The van der Waals surface area contributed by atoms with E-state index in [2.05, 4.69) is 5.32 Å². The van der Waals surface area contributed by atoms with Crippen molar-refractivity contribution in [2.45, 2.75) is 6.18 Å². The third-order valence-corrected chi connectivity index (χ3v) is 2.74. The Bertz CT molecular complexity index is 461. The molecular weight excluding hydrogens is 257 g/mol. The van der Waals surface area contributed by atoms with E-state index in [4.69, 9.17) is 11.6 Å². The smallest absolute Gasteiger partial charge is 0.336 e. The second kappa shape index (κ2) is 4.10. The van der Waals surface area contributed by atoms with Gasteiger partial charge in [-0.2, -0.15) is 13.2 Å². The number of alkyl halides is 3. The van der Waals surface area contributed by atoms with Crippen LogP contribution in [0.4, 0.5) is 23.7 Å². The molecule has 0 bridgehead atoms. The molecule has 1 aromatic carbocycles. The van der Waals surface area contributed by atoms with Gasteiger partial charge in [0.25, 0.3) is 0 Å². The summed E-state index contributed by atoms with van der Waals surface area (Å²) in [5, 5.41) is 2.62. The Morgan fingerprint density at radius 1 is 1.35 bits per heavy atom. The maximum absolute atomic E-state index is 12.5. The fourth-order valence-electron chi connectivity index (χ4n) is 1.60. The van der Waals surface area contributed by atoms with Crippen molar-refractivity contribution in [2.24, 2.45) is 0 Å². The molecule has 7 heteroatoms. The van der Waals surface area contributed by atoms with Gasteiger partial charge >= 0.3 is 12.2 Å². The molecule has 1 aliphatic rings. The van der Waals surface area contributed by atoms with Gasteiger partial charge in [0, 0.05) is 13.1 Å². The molecule has 17 heavy (non-hydrogen) atoms. The van der Waals surface area contributed by atoms with Crippen molar-refractivity contribution in [1.82, 2.24) is 5.32 Å². The van der Waals surface area contributed by atoms with Crippen molar-refractivity contribution in [3.8, 4) is 0 Å². The first-order valence-electron chi connectivity index (χ1n) is 4.82.